The van der Waals surface area contributed by atoms with E-state index in [1.165, 1.54) is 6.07 Å². The van der Waals surface area contributed by atoms with E-state index < -0.39 is 22.9 Å². The number of hydrogen-bond acceptors (Lipinski definition) is 3. The molecule has 1 aromatic heterocycles. The first kappa shape index (κ1) is 18.5. The van der Waals surface area contributed by atoms with Crippen LogP contribution in [-0.4, -0.2) is 10.4 Å². The van der Waals surface area contributed by atoms with Crippen molar-refractivity contribution in [1.29, 1.82) is 5.26 Å². The second-order valence-corrected chi connectivity index (χ2v) is 5.28. The summed E-state index contributed by atoms with van der Waals surface area (Å²) in [6.07, 6.45) is -3.73. The first-order valence-corrected chi connectivity index (χ1v) is 7.72. The average Bonchev–Trinajstić information content (AvgIpc) is 2.60. The van der Waals surface area contributed by atoms with Crippen molar-refractivity contribution in [2.24, 2.45) is 5.10 Å². The van der Waals surface area contributed by atoms with Gasteiger partial charge in [0.25, 0.3) is 5.56 Å². The Morgan fingerprint density at radius 2 is 1.80 bits per heavy atom. The predicted molar refractivity (Wildman–Crippen MR) is 89.3 cm³/mol. The Kier molecular flexibility index (Phi) is 5.42. The molecule has 0 aliphatic carbocycles. The molecule has 0 spiro atoms. The minimum absolute atomic E-state index is 0.00340. The van der Waals surface area contributed by atoms with Crippen LogP contribution in [0.15, 0.2) is 46.3 Å². The number of halogens is 3. The van der Waals surface area contributed by atoms with Gasteiger partial charge in [0.05, 0.1) is 11.3 Å². The van der Waals surface area contributed by atoms with Gasteiger partial charge in [-0.2, -0.15) is 28.2 Å². The SMILES string of the molecule is CCC(CC)=Nn1c(-c2ccccc2)cc(C(F)(F)F)c(C#N)c1=O. The van der Waals surface area contributed by atoms with Gasteiger partial charge < -0.3 is 0 Å². The van der Waals surface area contributed by atoms with Crippen molar-refractivity contribution in [2.45, 2.75) is 32.9 Å². The summed E-state index contributed by atoms with van der Waals surface area (Å²) in [5.74, 6) is 0. The molecular weight excluding hydrogens is 331 g/mol. The van der Waals surface area contributed by atoms with E-state index in [2.05, 4.69) is 5.10 Å². The van der Waals surface area contributed by atoms with Crippen LogP contribution in [0.25, 0.3) is 11.3 Å². The highest BCUT2D eigenvalue weighted by atomic mass is 19.4. The Morgan fingerprint density at radius 1 is 1.20 bits per heavy atom. The Balaban J connectivity index is 2.93. The first-order chi connectivity index (χ1) is 11.8. The van der Waals surface area contributed by atoms with E-state index in [0.717, 1.165) is 10.7 Å². The van der Waals surface area contributed by atoms with E-state index in [9.17, 15) is 18.0 Å². The summed E-state index contributed by atoms with van der Waals surface area (Å²) in [6, 6.07) is 10.4. The lowest BCUT2D eigenvalue weighted by atomic mass is 10.0. The highest BCUT2D eigenvalue weighted by molar-refractivity contribution is 5.84. The minimum Gasteiger partial charge on any atom is -0.266 e. The predicted octanol–water partition coefficient (Wildman–Crippen LogP) is 4.43. The third-order valence-electron chi connectivity index (χ3n) is 3.73. The van der Waals surface area contributed by atoms with Crippen molar-refractivity contribution in [3.05, 3.63) is 57.9 Å². The lowest BCUT2D eigenvalue weighted by molar-refractivity contribution is -0.137. The first-order valence-electron chi connectivity index (χ1n) is 7.72. The van der Waals surface area contributed by atoms with Gasteiger partial charge in [-0.3, -0.25) is 4.79 Å². The number of hydrogen-bond donors (Lipinski definition) is 0. The lowest BCUT2D eigenvalue weighted by Crippen LogP contribution is -2.26. The van der Waals surface area contributed by atoms with Crippen LogP contribution < -0.4 is 5.56 Å². The molecule has 2 aromatic rings. The van der Waals surface area contributed by atoms with Gasteiger partial charge in [0.1, 0.15) is 11.6 Å². The van der Waals surface area contributed by atoms with Gasteiger partial charge in [-0.1, -0.05) is 44.2 Å². The van der Waals surface area contributed by atoms with Crippen molar-refractivity contribution < 1.29 is 13.2 Å². The third kappa shape index (κ3) is 3.79. The number of alkyl halides is 3. The van der Waals surface area contributed by atoms with Crippen LogP contribution in [0.1, 0.15) is 37.8 Å². The third-order valence-corrected chi connectivity index (χ3v) is 3.73. The Labute approximate surface area is 142 Å². The fourth-order valence-corrected chi connectivity index (χ4v) is 2.38. The van der Waals surface area contributed by atoms with Crippen LogP contribution in [0, 0.1) is 11.3 Å². The molecule has 0 fully saturated rings. The molecule has 0 atom stereocenters. The number of aromatic nitrogens is 1. The molecular formula is C18H16F3N3O. The second kappa shape index (κ2) is 7.34. The largest absolute Gasteiger partial charge is 0.417 e. The number of benzene rings is 1. The van der Waals surface area contributed by atoms with E-state index in [0.29, 0.717) is 24.1 Å². The second-order valence-electron chi connectivity index (χ2n) is 5.28. The van der Waals surface area contributed by atoms with Crippen LogP contribution in [0.3, 0.4) is 0 Å². The van der Waals surface area contributed by atoms with E-state index in [-0.39, 0.29) is 5.69 Å². The summed E-state index contributed by atoms with van der Waals surface area (Å²) in [6.45, 7) is 3.68. The van der Waals surface area contributed by atoms with E-state index >= 15 is 0 Å². The molecule has 0 bridgehead atoms. The Hall–Kier alpha value is -2.88. The van der Waals surface area contributed by atoms with E-state index in [1.807, 2.05) is 13.8 Å². The molecule has 0 aliphatic rings. The van der Waals surface area contributed by atoms with Crippen LogP contribution in [0.4, 0.5) is 13.2 Å². The molecule has 0 saturated carbocycles. The quantitative estimate of drug-likeness (QED) is 0.768. The van der Waals surface area contributed by atoms with Gasteiger partial charge in [-0.15, -0.1) is 0 Å². The smallest absolute Gasteiger partial charge is 0.266 e. The van der Waals surface area contributed by atoms with Gasteiger partial charge in [-0.25, -0.2) is 0 Å². The van der Waals surface area contributed by atoms with Gasteiger partial charge in [-0.05, 0) is 18.9 Å². The summed E-state index contributed by atoms with van der Waals surface area (Å²) in [7, 11) is 0. The minimum atomic E-state index is -4.81. The Bertz CT molecular complexity index is 885. The fraction of sp³-hybridized carbons (Fsp3) is 0.278. The normalized spacial score (nSPS) is 11.0. The maximum atomic E-state index is 13.3. The number of nitriles is 1. The van der Waals surface area contributed by atoms with E-state index in [1.54, 1.807) is 30.3 Å². The zero-order valence-electron chi connectivity index (χ0n) is 13.8. The Morgan fingerprint density at radius 3 is 2.28 bits per heavy atom. The molecule has 1 heterocycles. The van der Waals surface area contributed by atoms with Gasteiger partial charge >= 0.3 is 6.18 Å². The van der Waals surface area contributed by atoms with E-state index in [4.69, 9.17) is 5.26 Å². The molecule has 0 amide bonds. The molecule has 0 aliphatic heterocycles. The molecule has 0 radical (unpaired) electrons. The molecule has 0 unspecified atom stereocenters. The van der Waals surface area contributed by atoms with Crippen molar-refractivity contribution in [3.63, 3.8) is 0 Å². The molecule has 7 heteroatoms. The summed E-state index contributed by atoms with van der Waals surface area (Å²) in [4.78, 5) is 12.6. The zero-order valence-corrected chi connectivity index (χ0v) is 13.8. The fourth-order valence-electron chi connectivity index (χ4n) is 2.38. The monoisotopic (exact) mass is 347 g/mol. The summed E-state index contributed by atoms with van der Waals surface area (Å²) < 4.78 is 40.8. The number of rotatable bonds is 4. The maximum Gasteiger partial charge on any atom is 0.417 e. The van der Waals surface area contributed by atoms with Crippen LogP contribution >= 0.6 is 0 Å². The van der Waals surface area contributed by atoms with Crippen molar-refractivity contribution in [3.8, 4) is 17.3 Å². The topological polar surface area (TPSA) is 58.1 Å². The highest BCUT2D eigenvalue weighted by Crippen LogP contribution is 2.33. The number of pyridine rings is 1. The summed E-state index contributed by atoms with van der Waals surface area (Å²) >= 11 is 0. The summed E-state index contributed by atoms with van der Waals surface area (Å²) in [5, 5.41) is 13.3. The average molecular weight is 347 g/mol. The zero-order chi connectivity index (χ0) is 18.6. The van der Waals surface area contributed by atoms with Gasteiger partial charge in [0.2, 0.25) is 0 Å². The highest BCUT2D eigenvalue weighted by Gasteiger charge is 2.36. The van der Waals surface area contributed by atoms with Crippen LogP contribution in [0.2, 0.25) is 0 Å². The molecule has 4 nitrogen and oxygen atoms in total. The summed E-state index contributed by atoms with van der Waals surface area (Å²) in [5.41, 5.74) is -2.23. The van der Waals surface area contributed by atoms with Gasteiger partial charge in [0.15, 0.2) is 0 Å². The molecule has 25 heavy (non-hydrogen) atoms. The van der Waals surface area contributed by atoms with Crippen LogP contribution in [-0.2, 0) is 6.18 Å². The molecule has 0 saturated heterocycles. The molecule has 1 aromatic carbocycles. The molecule has 0 N–H and O–H groups in total. The number of nitrogens with zero attached hydrogens (tertiary/aromatic N) is 3. The van der Waals surface area contributed by atoms with Crippen molar-refractivity contribution >= 4 is 5.71 Å². The van der Waals surface area contributed by atoms with Crippen molar-refractivity contribution in [2.75, 3.05) is 0 Å². The van der Waals surface area contributed by atoms with Gasteiger partial charge in [0, 0.05) is 11.3 Å². The standard InChI is InChI=1S/C18H16F3N3O/c1-3-13(4-2)23-24-16(12-8-6-5-7-9-12)10-15(18(19,20)21)14(11-22)17(24)25/h5-10H,3-4H2,1-2H3. The van der Waals surface area contributed by atoms with Crippen LogP contribution in [0.5, 0.6) is 0 Å². The molecule has 130 valence electrons. The van der Waals surface area contributed by atoms with Crippen molar-refractivity contribution in [1.82, 2.24) is 4.68 Å². The molecule has 2 rings (SSSR count). The lowest BCUT2D eigenvalue weighted by Gasteiger charge is -2.15. The maximum absolute atomic E-state index is 13.3.